The van der Waals surface area contributed by atoms with Crippen LogP contribution in [0.1, 0.15) is 18.4 Å². The quantitative estimate of drug-likeness (QED) is 0.920. The fourth-order valence-electron chi connectivity index (χ4n) is 2.22. The lowest BCUT2D eigenvalue weighted by molar-refractivity contribution is -0.137. The van der Waals surface area contributed by atoms with Crippen molar-refractivity contribution in [3.63, 3.8) is 0 Å². The Balaban J connectivity index is 1.85. The molecule has 1 saturated heterocycles. The smallest absolute Gasteiger partial charge is 0.417 e. The Morgan fingerprint density at radius 1 is 1.30 bits per heavy atom. The first-order chi connectivity index (χ1) is 9.49. The number of piperidine rings is 1. The topological polar surface area (TPSA) is 51.4 Å². The van der Waals surface area contributed by atoms with Gasteiger partial charge >= 0.3 is 6.18 Å². The molecule has 7 heteroatoms. The van der Waals surface area contributed by atoms with Gasteiger partial charge < -0.3 is 15.4 Å². The van der Waals surface area contributed by atoms with E-state index in [-0.39, 0.29) is 12.0 Å². The molecule has 2 N–H and O–H groups in total. The molecule has 0 unspecified atom stereocenters. The van der Waals surface area contributed by atoms with Crippen molar-refractivity contribution in [3.05, 3.63) is 23.9 Å². The number of likely N-dealkylation sites (tertiary alicyclic amines) is 1. The minimum atomic E-state index is -4.36. The van der Waals surface area contributed by atoms with Gasteiger partial charge in [-0.2, -0.15) is 13.2 Å². The van der Waals surface area contributed by atoms with E-state index in [1.54, 1.807) is 0 Å². The van der Waals surface area contributed by atoms with Gasteiger partial charge in [0.25, 0.3) is 0 Å². The first kappa shape index (κ1) is 15.1. The van der Waals surface area contributed by atoms with Gasteiger partial charge in [0, 0.05) is 38.4 Å². The summed E-state index contributed by atoms with van der Waals surface area (Å²) in [7, 11) is 0. The van der Waals surface area contributed by atoms with Crippen molar-refractivity contribution in [3.8, 4) is 5.88 Å². The average molecular weight is 289 g/mol. The molecule has 1 aromatic heterocycles. The van der Waals surface area contributed by atoms with Crippen LogP contribution in [0.25, 0.3) is 0 Å². The van der Waals surface area contributed by atoms with Crippen LogP contribution in [0.4, 0.5) is 13.2 Å². The van der Waals surface area contributed by atoms with Crippen LogP contribution in [0, 0.1) is 0 Å². The number of halogens is 3. The normalized spacial score (nSPS) is 18.2. The van der Waals surface area contributed by atoms with Crippen LogP contribution in [0.15, 0.2) is 18.3 Å². The standard InChI is InChI=1S/C13H18F3N3O/c14-13(15,16)10-1-2-12(18-9-10)20-11-3-6-19(7-4-11)8-5-17/h1-2,9,11H,3-8,17H2. The zero-order chi connectivity index (χ0) is 14.6. The highest BCUT2D eigenvalue weighted by Gasteiger charge is 2.31. The SMILES string of the molecule is NCCN1CCC(Oc2ccc(C(F)(F)F)cn2)CC1. The van der Waals surface area contributed by atoms with Crippen molar-refractivity contribution in [1.29, 1.82) is 0 Å². The first-order valence-electron chi connectivity index (χ1n) is 6.61. The van der Waals surface area contributed by atoms with Crippen molar-refractivity contribution >= 4 is 0 Å². The minimum absolute atomic E-state index is 0.00765. The van der Waals surface area contributed by atoms with E-state index >= 15 is 0 Å². The number of nitrogens with two attached hydrogens (primary N) is 1. The number of alkyl halides is 3. The number of nitrogens with zero attached hydrogens (tertiary/aromatic N) is 2. The molecule has 0 bridgehead atoms. The molecule has 112 valence electrons. The van der Waals surface area contributed by atoms with Crippen molar-refractivity contribution in [2.45, 2.75) is 25.1 Å². The molecule has 0 amide bonds. The van der Waals surface area contributed by atoms with E-state index < -0.39 is 11.7 Å². The number of rotatable bonds is 4. The number of hydrogen-bond donors (Lipinski definition) is 1. The monoisotopic (exact) mass is 289 g/mol. The Morgan fingerprint density at radius 2 is 2.00 bits per heavy atom. The number of pyridine rings is 1. The number of hydrogen-bond acceptors (Lipinski definition) is 4. The number of ether oxygens (including phenoxy) is 1. The van der Waals surface area contributed by atoms with Gasteiger partial charge in [0.05, 0.1) is 5.56 Å². The highest BCUT2D eigenvalue weighted by Crippen LogP contribution is 2.29. The van der Waals surface area contributed by atoms with Gasteiger partial charge in [-0.05, 0) is 18.9 Å². The molecule has 1 fully saturated rings. The van der Waals surface area contributed by atoms with Crippen molar-refractivity contribution < 1.29 is 17.9 Å². The zero-order valence-electron chi connectivity index (χ0n) is 11.1. The van der Waals surface area contributed by atoms with Crippen LogP contribution in [-0.2, 0) is 6.18 Å². The maximum Gasteiger partial charge on any atom is 0.417 e. The molecule has 2 rings (SSSR count). The Bertz CT molecular complexity index is 414. The van der Waals surface area contributed by atoms with E-state index in [2.05, 4.69) is 9.88 Å². The van der Waals surface area contributed by atoms with Gasteiger partial charge in [-0.15, -0.1) is 0 Å². The molecule has 0 radical (unpaired) electrons. The molecule has 0 spiro atoms. The molecular formula is C13H18F3N3O. The highest BCUT2D eigenvalue weighted by molar-refractivity contribution is 5.20. The fourth-order valence-corrected chi connectivity index (χ4v) is 2.22. The predicted molar refractivity (Wildman–Crippen MR) is 68.4 cm³/mol. The van der Waals surface area contributed by atoms with Gasteiger partial charge in [-0.1, -0.05) is 0 Å². The van der Waals surface area contributed by atoms with E-state index in [4.69, 9.17) is 10.5 Å². The van der Waals surface area contributed by atoms with Gasteiger partial charge in [0.1, 0.15) is 6.10 Å². The second-order valence-corrected chi connectivity index (χ2v) is 4.83. The summed E-state index contributed by atoms with van der Waals surface area (Å²) >= 11 is 0. The molecule has 2 heterocycles. The molecule has 0 aliphatic carbocycles. The maximum atomic E-state index is 12.4. The molecule has 0 saturated carbocycles. The summed E-state index contributed by atoms with van der Waals surface area (Å²) in [5.41, 5.74) is 4.73. The minimum Gasteiger partial charge on any atom is -0.474 e. The molecule has 0 aromatic carbocycles. The van der Waals surface area contributed by atoms with Gasteiger partial charge in [-0.3, -0.25) is 0 Å². The van der Waals surface area contributed by atoms with E-state index in [0.717, 1.165) is 44.7 Å². The predicted octanol–water partition coefficient (Wildman–Crippen LogP) is 1.90. The molecular weight excluding hydrogens is 271 g/mol. The molecule has 1 aromatic rings. The lowest BCUT2D eigenvalue weighted by atomic mass is 10.1. The van der Waals surface area contributed by atoms with Crippen molar-refractivity contribution in [2.24, 2.45) is 5.73 Å². The summed E-state index contributed by atoms with van der Waals surface area (Å²) in [6.45, 7) is 3.28. The van der Waals surface area contributed by atoms with Gasteiger partial charge in [0.15, 0.2) is 0 Å². The lowest BCUT2D eigenvalue weighted by Crippen LogP contribution is -2.40. The van der Waals surface area contributed by atoms with E-state index in [1.165, 1.54) is 6.07 Å². The Hall–Kier alpha value is -1.34. The van der Waals surface area contributed by atoms with Crippen LogP contribution in [0.2, 0.25) is 0 Å². The van der Waals surface area contributed by atoms with Gasteiger partial charge in [-0.25, -0.2) is 4.98 Å². The van der Waals surface area contributed by atoms with Crippen molar-refractivity contribution in [1.82, 2.24) is 9.88 Å². The third-order valence-electron chi connectivity index (χ3n) is 3.33. The summed E-state index contributed by atoms with van der Waals surface area (Å²) in [5, 5.41) is 0. The molecule has 20 heavy (non-hydrogen) atoms. The molecule has 1 aliphatic heterocycles. The van der Waals surface area contributed by atoms with Crippen LogP contribution in [0.3, 0.4) is 0 Å². The van der Waals surface area contributed by atoms with Gasteiger partial charge in [0.2, 0.25) is 5.88 Å². The Labute approximate surface area is 115 Å². The lowest BCUT2D eigenvalue weighted by Gasteiger charge is -2.31. The van der Waals surface area contributed by atoms with Crippen LogP contribution in [0.5, 0.6) is 5.88 Å². The summed E-state index contributed by atoms with van der Waals surface area (Å²) in [6, 6.07) is 2.26. The van der Waals surface area contributed by atoms with E-state index in [1.807, 2.05) is 0 Å². The summed E-state index contributed by atoms with van der Waals surface area (Å²) in [6.07, 6.45) is -1.88. The highest BCUT2D eigenvalue weighted by atomic mass is 19.4. The van der Waals surface area contributed by atoms with E-state index in [9.17, 15) is 13.2 Å². The number of aromatic nitrogens is 1. The summed E-state index contributed by atoms with van der Waals surface area (Å²) in [5.74, 6) is 0.246. The van der Waals surface area contributed by atoms with Crippen LogP contribution < -0.4 is 10.5 Å². The molecule has 4 nitrogen and oxygen atoms in total. The fraction of sp³-hybridized carbons (Fsp3) is 0.615. The van der Waals surface area contributed by atoms with Crippen LogP contribution in [-0.4, -0.2) is 42.2 Å². The second kappa shape index (κ2) is 6.41. The second-order valence-electron chi connectivity index (χ2n) is 4.83. The Morgan fingerprint density at radius 3 is 2.50 bits per heavy atom. The maximum absolute atomic E-state index is 12.4. The van der Waals surface area contributed by atoms with Crippen molar-refractivity contribution in [2.75, 3.05) is 26.2 Å². The summed E-state index contributed by atoms with van der Waals surface area (Å²) in [4.78, 5) is 5.97. The largest absolute Gasteiger partial charge is 0.474 e. The average Bonchev–Trinajstić information content (AvgIpc) is 2.41. The molecule has 0 atom stereocenters. The third-order valence-corrected chi connectivity index (χ3v) is 3.33. The Kier molecular flexibility index (Phi) is 4.82. The third kappa shape index (κ3) is 4.08. The first-order valence-corrected chi connectivity index (χ1v) is 6.61. The molecule has 1 aliphatic rings. The van der Waals surface area contributed by atoms with Crippen LogP contribution >= 0.6 is 0 Å². The summed E-state index contributed by atoms with van der Waals surface area (Å²) < 4.78 is 42.8. The van der Waals surface area contributed by atoms with E-state index in [0.29, 0.717) is 6.54 Å². The zero-order valence-corrected chi connectivity index (χ0v) is 11.1.